The minimum Gasteiger partial charge on any atom is -0.106 e. The molecular weight excluding hydrogens is 215 g/mol. The predicted molar refractivity (Wildman–Crippen MR) is 62.8 cm³/mol. The molecule has 0 saturated carbocycles. The molecule has 74 valence electrons. The first-order valence-corrected chi connectivity index (χ1v) is 5.25. The molecule has 0 aromatic heterocycles. The van der Waals surface area contributed by atoms with Crippen LogP contribution < -0.4 is 0 Å². The second-order valence-corrected chi connectivity index (χ2v) is 4.08. The molecule has 2 heteroatoms. The van der Waals surface area contributed by atoms with Crippen molar-refractivity contribution >= 4 is 23.2 Å². The lowest BCUT2D eigenvalue weighted by molar-refractivity contribution is 0.750. The van der Waals surface area contributed by atoms with Crippen molar-refractivity contribution in [1.82, 2.24) is 0 Å². The first-order chi connectivity index (χ1) is 6.63. The molecule has 0 amide bonds. The summed E-state index contributed by atoms with van der Waals surface area (Å²) in [5.41, 5.74) is 1.10. The second-order valence-electron chi connectivity index (χ2n) is 3.24. The molecule has 0 N–H and O–H groups in total. The summed E-state index contributed by atoms with van der Waals surface area (Å²) < 4.78 is 0. The van der Waals surface area contributed by atoms with Crippen LogP contribution in [0.2, 0.25) is 10.0 Å². The molecule has 0 aliphatic rings. The Hall–Kier alpha value is -0.640. The highest BCUT2D eigenvalue weighted by atomic mass is 35.5. The molecule has 0 fully saturated rings. The van der Waals surface area contributed by atoms with Crippen molar-refractivity contribution in [3.8, 4) is 11.8 Å². The Bertz CT molecular complexity index is 372. The van der Waals surface area contributed by atoms with Gasteiger partial charge in [0.1, 0.15) is 0 Å². The Balaban J connectivity index is 2.80. The maximum atomic E-state index is 6.04. The van der Waals surface area contributed by atoms with E-state index >= 15 is 0 Å². The van der Waals surface area contributed by atoms with Crippen molar-refractivity contribution in [2.45, 2.75) is 20.3 Å². The molecule has 0 saturated heterocycles. The van der Waals surface area contributed by atoms with Crippen molar-refractivity contribution in [3.05, 3.63) is 33.8 Å². The van der Waals surface area contributed by atoms with E-state index in [9.17, 15) is 0 Å². The molecule has 1 rings (SSSR count). The van der Waals surface area contributed by atoms with E-state index in [0.717, 1.165) is 17.0 Å². The van der Waals surface area contributed by atoms with Crippen LogP contribution in [0.25, 0.3) is 0 Å². The lowest BCUT2D eigenvalue weighted by atomic mass is 10.0. The predicted octanol–water partition coefficient (Wildman–Crippen LogP) is 4.20. The van der Waals surface area contributed by atoms with Gasteiger partial charge in [-0.15, -0.1) is 11.8 Å². The Labute approximate surface area is 95.2 Å². The maximum Gasteiger partial charge on any atom is 0.0453 e. The Morgan fingerprint density at radius 1 is 1.36 bits per heavy atom. The molecule has 0 nitrogen and oxygen atoms in total. The topological polar surface area (TPSA) is 0 Å². The van der Waals surface area contributed by atoms with Gasteiger partial charge in [0.25, 0.3) is 0 Å². The van der Waals surface area contributed by atoms with Crippen LogP contribution in [0.4, 0.5) is 0 Å². The zero-order valence-electron chi connectivity index (χ0n) is 8.27. The van der Waals surface area contributed by atoms with Gasteiger partial charge in [0.2, 0.25) is 0 Å². The van der Waals surface area contributed by atoms with Crippen molar-refractivity contribution in [1.29, 1.82) is 0 Å². The summed E-state index contributed by atoms with van der Waals surface area (Å²) in [7, 11) is 0. The van der Waals surface area contributed by atoms with E-state index in [0.29, 0.717) is 10.9 Å². The van der Waals surface area contributed by atoms with Crippen LogP contribution in [-0.2, 0) is 6.42 Å². The fraction of sp³-hybridized carbons (Fsp3) is 0.333. The van der Waals surface area contributed by atoms with Crippen LogP contribution in [0, 0.1) is 17.8 Å². The summed E-state index contributed by atoms with van der Waals surface area (Å²) >= 11 is 11.8. The maximum absolute atomic E-state index is 6.04. The zero-order valence-corrected chi connectivity index (χ0v) is 9.78. The van der Waals surface area contributed by atoms with Gasteiger partial charge in [0, 0.05) is 16.0 Å². The molecule has 0 bridgehead atoms. The molecule has 0 radical (unpaired) electrons. The van der Waals surface area contributed by atoms with Crippen LogP contribution in [0.1, 0.15) is 19.4 Å². The van der Waals surface area contributed by atoms with Gasteiger partial charge in [-0.2, -0.15) is 0 Å². The molecule has 1 aromatic carbocycles. The van der Waals surface area contributed by atoms with Crippen molar-refractivity contribution in [2.75, 3.05) is 0 Å². The minimum absolute atomic E-state index is 0.332. The van der Waals surface area contributed by atoms with Crippen LogP contribution in [0.3, 0.4) is 0 Å². The molecule has 1 atom stereocenters. The van der Waals surface area contributed by atoms with E-state index < -0.39 is 0 Å². The highest BCUT2D eigenvalue weighted by Gasteiger charge is 2.04. The van der Waals surface area contributed by atoms with Gasteiger partial charge in [0.05, 0.1) is 0 Å². The molecule has 0 aliphatic heterocycles. The number of hydrogen-bond acceptors (Lipinski definition) is 0. The summed E-state index contributed by atoms with van der Waals surface area (Å²) in [5.74, 6) is 6.33. The third kappa shape index (κ3) is 3.25. The highest BCUT2D eigenvalue weighted by Crippen LogP contribution is 2.23. The zero-order chi connectivity index (χ0) is 10.6. The van der Waals surface area contributed by atoms with Crippen LogP contribution >= 0.6 is 23.2 Å². The van der Waals surface area contributed by atoms with E-state index in [-0.39, 0.29) is 0 Å². The smallest absolute Gasteiger partial charge is 0.0453 e. The lowest BCUT2D eigenvalue weighted by Gasteiger charge is -2.06. The molecular formula is C12H12Cl2. The summed E-state index contributed by atoms with van der Waals surface area (Å²) in [6, 6.07) is 5.58. The number of halogens is 2. The van der Waals surface area contributed by atoms with E-state index in [4.69, 9.17) is 23.2 Å². The minimum atomic E-state index is 0.332. The van der Waals surface area contributed by atoms with E-state index in [1.807, 2.05) is 19.1 Å². The molecule has 0 heterocycles. The molecule has 14 heavy (non-hydrogen) atoms. The third-order valence-electron chi connectivity index (χ3n) is 1.93. The van der Waals surface area contributed by atoms with Gasteiger partial charge in [-0.1, -0.05) is 36.2 Å². The van der Waals surface area contributed by atoms with Crippen LogP contribution in [0.5, 0.6) is 0 Å². The number of hydrogen-bond donors (Lipinski definition) is 0. The normalized spacial score (nSPS) is 11.7. The van der Waals surface area contributed by atoms with Crippen molar-refractivity contribution in [3.63, 3.8) is 0 Å². The van der Waals surface area contributed by atoms with Crippen molar-refractivity contribution < 1.29 is 0 Å². The number of rotatable bonds is 2. The largest absolute Gasteiger partial charge is 0.106 e. The quantitative estimate of drug-likeness (QED) is 0.664. The van der Waals surface area contributed by atoms with Gasteiger partial charge >= 0.3 is 0 Å². The third-order valence-corrected chi connectivity index (χ3v) is 2.52. The highest BCUT2D eigenvalue weighted by molar-refractivity contribution is 6.35. The SMILES string of the molecule is CC#CC(C)Cc1ccc(Cl)cc1Cl. The Morgan fingerprint density at radius 3 is 2.64 bits per heavy atom. The van der Waals surface area contributed by atoms with Gasteiger partial charge < -0.3 is 0 Å². The van der Waals surface area contributed by atoms with Crippen molar-refractivity contribution in [2.24, 2.45) is 5.92 Å². The fourth-order valence-corrected chi connectivity index (χ4v) is 1.80. The first kappa shape index (κ1) is 11.4. The van der Waals surface area contributed by atoms with Gasteiger partial charge in [-0.25, -0.2) is 0 Å². The average molecular weight is 227 g/mol. The molecule has 0 spiro atoms. The summed E-state index contributed by atoms with van der Waals surface area (Å²) in [6.07, 6.45) is 0.872. The van der Waals surface area contributed by atoms with Gasteiger partial charge in [0.15, 0.2) is 0 Å². The van der Waals surface area contributed by atoms with Crippen LogP contribution in [0.15, 0.2) is 18.2 Å². The second kappa shape index (κ2) is 5.29. The van der Waals surface area contributed by atoms with Gasteiger partial charge in [-0.05, 0) is 31.0 Å². The standard InChI is InChI=1S/C12H12Cl2/c1-3-4-9(2)7-10-5-6-11(13)8-12(10)14/h5-6,8-9H,7H2,1-2H3. The summed E-state index contributed by atoms with van der Waals surface area (Å²) in [5, 5.41) is 1.40. The van der Waals surface area contributed by atoms with E-state index in [2.05, 4.69) is 18.8 Å². The number of benzene rings is 1. The molecule has 1 aromatic rings. The first-order valence-electron chi connectivity index (χ1n) is 4.49. The average Bonchev–Trinajstić information content (AvgIpc) is 2.10. The summed E-state index contributed by atoms with van der Waals surface area (Å²) in [6.45, 7) is 3.93. The fourth-order valence-electron chi connectivity index (χ4n) is 1.31. The van der Waals surface area contributed by atoms with E-state index in [1.54, 1.807) is 6.07 Å². The molecule has 1 unspecified atom stereocenters. The van der Waals surface area contributed by atoms with Gasteiger partial charge in [-0.3, -0.25) is 0 Å². The Morgan fingerprint density at radius 2 is 2.07 bits per heavy atom. The van der Waals surface area contributed by atoms with Crippen LogP contribution in [-0.4, -0.2) is 0 Å². The summed E-state index contributed by atoms with van der Waals surface area (Å²) in [4.78, 5) is 0. The Kier molecular flexibility index (Phi) is 4.32. The lowest BCUT2D eigenvalue weighted by Crippen LogP contribution is -1.97. The van der Waals surface area contributed by atoms with E-state index in [1.165, 1.54) is 0 Å². The molecule has 0 aliphatic carbocycles. The monoisotopic (exact) mass is 226 g/mol.